The van der Waals surface area contributed by atoms with Crippen molar-refractivity contribution in [3.05, 3.63) is 34.3 Å². The summed E-state index contributed by atoms with van der Waals surface area (Å²) in [4.78, 5) is 12.0. The van der Waals surface area contributed by atoms with Crippen molar-refractivity contribution in [2.75, 3.05) is 12.4 Å². The third-order valence-electron chi connectivity index (χ3n) is 3.35. The van der Waals surface area contributed by atoms with Gasteiger partial charge in [0.25, 0.3) is 0 Å². The van der Waals surface area contributed by atoms with Gasteiger partial charge in [0.2, 0.25) is 0 Å². The highest BCUT2D eigenvalue weighted by molar-refractivity contribution is 9.10. The van der Waals surface area contributed by atoms with Crippen LogP contribution in [0.4, 0.5) is 0 Å². The fourth-order valence-corrected chi connectivity index (χ4v) is 3.67. The van der Waals surface area contributed by atoms with E-state index in [1.807, 2.05) is 36.0 Å². The second-order valence-corrected chi connectivity index (χ2v) is 7.07. The molecule has 0 aromatic heterocycles. The number of thioether (sulfide) groups is 1. The summed E-state index contributed by atoms with van der Waals surface area (Å²) < 4.78 is 6.54. The van der Waals surface area contributed by atoms with Crippen LogP contribution in [0.15, 0.2) is 28.7 Å². The average Bonchev–Trinajstić information content (AvgIpc) is 2.81. The van der Waals surface area contributed by atoms with Crippen LogP contribution < -0.4 is 0 Å². The molecule has 2 nitrogen and oxygen atoms in total. The largest absolute Gasteiger partial charge is 0.377 e. The lowest BCUT2D eigenvalue weighted by Crippen LogP contribution is -2.14. The first kappa shape index (κ1) is 15.1. The predicted molar refractivity (Wildman–Crippen MR) is 84.0 cm³/mol. The lowest BCUT2D eigenvalue weighted by atomic mass is 10.1. The topological polar surface area (TPSA) is 26.3 Å². The van der Waals surface area contributed by atoms with Crippen LogP contribution in [-0.4, -0.2) is 29.5 Å². The minimum absolute atomic E-state index is 0.240. The van der Waals surface area contributed by atoms with Crippen LogP contribution in [-0.2, 0) is 4.74 Å². The Kier molecular flexibility index (Phi) is 5.92. The number of benzene rings is 1. The van der Waals surface area contributed by atoms with Gasteiger partial charge in [-0.1, -0.05) is 28.1 Å². The van der Waals surface area contributed by atoms with Crippen molar-refractivity contribution >= 4 is 33.5 Å². The Hall–Kier alpha value is -0.320. The number of hydrogen-bond acceptors (Lipinski definition) is 3. The van der Waals surface area contributed by atoms with E-state index in [4.69, 9.17) is 4.74 Å². The van der Waals surface area contributed by atoms with Crippen LogP contribution in [0.25, 0.3) is 0 Å². The number of carbonyl (C=O) groups excluding carboxylic acids is 1. The van der Waals surface area contributed by atoms with Gasteiger partial charge in [0.15, 0.2) is 5.78 Å². The number of ether oxygens (including phenoxy) is 1. The first-order valence-corrected chi connectivity index (χ1v) is 8.53. The predicted octanol–water partition coefficient (Wildman–Crippen LogP) is 4.32. The van der Waals surface area contributed by atoms with Gasteiger partial charge in [-0.25, -0.2) is 0 Å². The summed E-state index contributed by atoms with van der Waals surface area (Å²) in [5, 5.41) is 0.614. The standard InChI is InChI=1S/C15H19BrO2S/c1-11-15(8-9-18-11)19-10-2-3-14(17)12-4-6-13(16)7-5-12/h4-7,11,15H,2-3,8-10H2,1H3. The molecule has 2 rings (SSSR count). The molecule has 0 radical (unpaired) electrons. The Bertz CT molecular complexity index is 419. The van der Waals surface area contributed by atoms with E-state index in [2.05, 4.69) is 22.9 Å². The zero-order valence-electron chi connectivity index (χ0n) is 11.1. The second kappa shape index (κ2) is 7.46. The molecule has 0 bridgehead atoms. The fourth-order valence-electron chi connectivity index (χ4n) is 2.18. The third-order valence-corrected chi connectivity index (χ3v) is 5.45. The Morgan fingerprint density at radius 2 is 2.16 bits per heavy atom. The number of carbonyl (C=O) groups is 1. The molecular formula is C15H19BrO2S. The average molecular weight is 343 g/mol. The number of hydrogen-bond donors (Lipinski definition) is 0. The van der Waals surface area contributed by atoms with E-state index in [-0.39, 0.29) is 5.78 Å². The van der Waals surface area contributed by atoms with Crippen LogP contribution >= 0.6 is 27.7 Å². The number of rotatable bonds is 6. The van der Waals surface area contributed by atoms with Gasteiger partial charge in [0.05, 0.1) is 6.10 Å². The molecule has 0 saturated carbocycles. The van der Waals surface area contributed by atoms with E-state index in [1.54, 1.807) is 0 Å². The maximum Gasteiger partial charge on any atom is 0.162 e. The van der Waals surface area contributed by atoms with E-state index < -0.39 is 0 Å². The first-order chi connectivity index (χ1) is 9.16. The monoisotopic (exact) mass is 342 g/mol. The van der Waals surface area contributed by atoms with Gasteiger partial charge in [-0.2, -0.15) is 11.8 Å². The minimum atomic E-state index is 0.240. The highest BCUT2D eigenvalue weighted by atomic mass is 79.9. The molecule has 2 atom stereocenters. The molecule has 4 heteroatoms. The van der Waals surface area contributed by atoms with Crippen molar-refractivity contribution in [1.82, 2.24) is 0 Å². The molecule has 1 aliphatic rings. The van der Waals surface area contributed by atoms with Crippen LogP contribution in [0.2, 0.25) is 0 Å². The maximum atomic E-state index is 12.0. The van der Waals surface area contributed by atoms with E-state index in [0.717, 1.165) is 35.2 Å². The summed E-state index contributed by atoms with van der Waals surface area (Å²) in [6, 6.07) is 7.60. The maximum absolute atomic E-state index is 12.0. The minimum Gasteiger partial charge on any atom is -0.377 e. The van der Waals surface area contributed by atoms with Crippen LogP contribution in [0.5, 0.6) is 0 Å². The van der Waals surface area contributed by atoms with Crippen molar-refractivity contribution in [2.24, 2.45) is 0 Å². The Balaban J connectivity index is 1.68. The summed E-state index contributed by atoms with van der Waals surface area (Å²) in [6.07, 6.45) is 3.10. The van der Waals surface area contributed by atoms with Gasteiger partial charge in [-0.05, 0) is 37.7 Å². The molecule has 1 saturated heterocycles. The summed E-state index contributed by atoms with van der Waals surface area (Å²) in [7, 11) is 0. The van der Waals surface area contributed by atoms with Crippen molar-refractivity contribution in [3.63, 3.8) is 0 Å². The van der Waals surface area contributed by atoms with Gasteiger partial charge < -0.3 is 4.74 Å². The molecule has 2 unspecified atom stereocenters. The molecule has 1 aromatic carbocycles. The van der Waals surface area contributed by atoms with Crippen LogP contribution in [0.1, 0.15) is 36.5 Å². The lowest BCUT2D eigenvalue weighted by molar-refractivity contribution is 0.0982. The van der Waals surface area contributed by atoms with Crippen molar-refractivity contribution < 1.29 is 9.53 Å². The molecule has 19 heavy (non-hydrogen) atoms. The highest BCUT2D eigenvalue weighted by Gasteiger charge is 2.24. The summed E-state index contributed by atoms with van der Waals surface area (Å²) in [6.45, 7) is 3.02. The zero-order valence-corrected chi connectivity index (χ0v) is 13.5. The number of ketones is 1. The van der Waals surface area contributed by atoms with E-state index in [1.165, 1.54) is 0 Å². The van der Waals surface area contributed by atoms with Gasteiger partial charge >= 0.3 is 0 Å². The first-order valence-electron chi connectivity index (χ1n) is 6.69. The molecule has 0 amide bonds. The van der Waals surface area contributed by atoms with Crippen molar-refractivity contribution in [1.29, 1.82) is 0 Å². The normalized spacial score (nSPS) is 22.6. The molecule has 1 aliphatic heterocycles. The molecule has 104 valence electrons. The SMILES string of the molecule is CC1OCCC1SCCCC(=O)c1ccc(Br)cc1. The zero-order chi connectivity index (χ0) is 13.7. The molecule has 1 aromatic rings. The second-order valence-electron chi connectivity index (χ2n) is 4.81. The molecule has 0 N–H and O–H groups in total. The molecule has 0 aliphatic carbocycles. The lowest BCUT2D eigenvalue weighted by Gasteiger charge is -2.12. The molecule has 1 heterocycles. The summed E-state index contributed by atoms with van der Waals surface area (Å²) >= 11 is 5.32. The molecular weight excluding hydrogens is 324 g/mol. The Labute approximate surface area is 127 Å². The fraction of sp³-hybridized carbons (Fsp3) is 0.533. The molecule has 0 spiro atoms. The van der Waals surface area contributed by atoms with Crippen molar-refractivity contribution in [2.45, 2.75) is 37.5 Å². The summed E-state index contributed by atoms with van der Waals surface area (Å²) in [5.74, 6) is 1.28. The highest BCUT2D eigenvalue weighted by Crippen LogP contribution is 2.27. The quantitative estimate of drug-likeness (QED) is 0.568. The number of Topliss-reactive ketones (excluding diaryl/α,β-unsaturated/α-hetero) is 1. The van der Waals surface area contributed by atoms with Crippen LogP contribution in [0.3, 0.4) is 0 Å². The van der Waals surface area contributed by atoms with Gasteiger partial charge in [-0.3, -0.25) is 4.79 Å². The third kappa shape index (κ3) is 4.62. The Morgan fingerprint density at radius 3 is 2.79 bits per heavy atom. The van der Waals surface area contributed by atoms with E-state index in [0.29, 0.717) is 17.8 Å². The summed E-state index contributed by atoms with van der Waals surface area (Å²) in [5.41, 5.74) is 0.811. The van der Waals surface area contributed by atoms with Gasteiger partial charge in [0.1, 0.15) is 0 Å². The van der Waals surface area contributed by atoms with E-state index >= 15 is 0 Å². The van der Waals surface area contributed by atoms with Gasteiger partial charge in [0, 0.05) is 28.3 Å². The smallest absolute Gasteiger partial charge is 0.162 e. The van der Waals surface area contributed by atoms with Crippen molar-refractivity contribution in [3.8, 4) is 0 Å². The number of halogens is 1. The van der Waals surface area contributed by atoms with Crippen LogP contribution in [0, 0.1) is 0 Å². The van der Waals surface area contributed by atoms with Gasteiger partial charge in [-0.15, -0.1) is 0 Å². The Morgan fingerprint density at radius 1 is 1.42 bits per heavy atom. The van der Waals surface area contributed by atoms with E-state index in [9.17, 15) is 4.79 Å². The molecule has 1 fully saturated rings.